The molecule has 2 amide bonds. The van der Waals surface area contributed by atoms with Crippen molar-refractivity contribution in [2.75, 3.05) is 13.1 Å². The Balaban J connectivity index is 2.16. The molecule has 0 aliphatic carbocycles. The highest BCUT2D eigenvalue weighted by molar-refractivity contribution is 5.94. The van der Waals surface area contributed by atoms with Gasteiger partial charge in [-0.25, -0.2) is 0 Å². The van der Waals surface area contributed by atoms with Crippen LogP contribution >= 0.6 is 0 Å². The maximum Gasteiger partial charge on any atom is 0.243 e. The van der Waals surface area contributed by atoms with E-state index in [1.807, 2.05) is 37.3 Å². The lowest BCUT2D eigenvalue weighted by Crippen LogP contribution is -2.58. The van der Waals surface area contributed by atoms with Gasteiger partial charge in [0, 0.05) is 13.0 Å². The van der Waals surface area contributed by atoms with Crippen LogP contribution in [-0.4, -0.2) is 35.8 Å². The molecule has 0 aromatic heterocycles. The smallest absolute Gasteiger partial charge is 0.243 e. The second kappa shape index (κ2) is 4.99. The highest BCUT2D eigenvalue weighted by Gasteiger charge is 2.33. The zero-order valence-corrected chi connectivity index (χ0v) is 9.85. The van der Waals surface area contributed by atoms with Gasteiger partial charge in [0.15, 0.2) is 0 Å². The van der Waals surface area contributed by atoms with Gasteiger partial charge in [0.25, 0.3) is 0 Å². The van der Waals surface area contributed by atoms with Crippen LogP contribution in [0.2, 0.25) is 0 Å². The van der Waals surface area contributed by atoms with E-state index in [4.69, 9.17) is 0 Å². The first-order valence-corrected chi connectivity index (χ1v) is 5.83. The lowest BCUT2D eigenvalue weighted by Gasteiger charge is -2.34. The third-order valence-corrected chi connectivity index (χ3v) is 3.03. The summed E-state index contributed by atoms with van der Waals surface area (Å²) in [6.07, 6.45) is 0.576. The molecular formula is C13H16N2O2. The molecule has 1 aromatic rings. The van der Waals surface area contributed by atoms with Crippen molar-refractivity contribution in [1.29, 1.82) is 0 Å². The Hall–Kier alpha value is -1.84. The molecule has 1 aliphatic rings. The van der Waals surface area contributed by atoms with E-state index in [1.54, 1.807) is 4.90 Å². The van der Waals surface area contributed by atoms with Crippen LogP contribution in [0.5, 0.6) is 0 Å². The van der Waals surface area contributed by atoms with E-state index in [9.17, 15) is 9.59 Å². The van der Waals surface area contributed by atoms with Crippen molar-refractivity contribution in [3.8, 4) is 0 Å². The predicted octanol–water partition coefficient (Wildman–Crippen LogP) is 0.576. The van der Waals surface area contributed by atoms with E-state index in [0.717, 1.165) is 5.56 Å². The molecule has 0 radical (unpaired) electrons. The minimum Gasteiger partial charge on any atom is -0.345 e. The van der Waals surface area contributed by atoms with Crippen LogP contribution in [0.15, 0.2) is 30.3 Å². The van der Waals surface area contributed by atoms with E-state index in [-0.39, 0.29) is 24.4 Å². The fourth-order valence-electron chi connectivity index (χ4n) is 2.13. The summed E-state index contributed by atoms with van der Waals surface area (Å²) >= 11 is 0. The number of carbonyl (C=O) groups excluding carboxylic acids is 2. The third kappa shape index (κ3) is 2.46. The molecule has 1 fully saturated rings. The number of amides is 2. The molecule has 1 unspecified atom stereocenters. The summed E-state index contributed by atoms with van der Waals surface area (Å²) in [5.74, 6) is -0.0664. The highest BCUT2D eigenvalue weighted by atomic mass is 16.2. The minimum absolute atomic E-state index is 0.00645. The maximum absolute atomic E-state index is 11.8. The average Bonchev–Trinajstić information content (AvgIpc) is 2.35. The van der Waals surface area contributed by atoms with E-state index in [0.29, 0.717) is 13.0 Å². The number of hydrogen-bond donors (Lipinski definition) is 1. The van der Waals surface area contributed by atoms with E-state index < -0.39 is 0 Å². The summed E-state index contributed by atoms with van der Waals surface area (Å²) in [6, 6.07) is 9.39. The highest BCUT2D eigenvalue weighted by Crippen LogP contribution is 2.12. The van der Waals surface area contributed by atoms with Crippen molar-refractivity contribution < 1.29 is 9.59 Å². The molecule has 0 bridgehead atoms. The molecule has 2 rings (SSSR count). The Bertz CT molecular complexity index is 417. The summed E-state index contributed by atoms with van der Waals surface area (Å²) in [5, 5.41) is 2.64. The van der Waals surface area contributed by atoms with Crippen LogP contribution in [0.25, 0.3) is 0 Å². The number of benzene rings is 1. The van der Waals surface area contributed by atoms with Crippen molar-refractivity contribution in [1.82, 2.24) is 10.2 Å². The normalized spacial score (nSPS) is 20.3. The number of likely N-dealkylation sites (N-methyl/N-ethyl adjacent to an activating group) is 1. The Morgan fingerprint density at radius 1 is 1.29 bits per heavy atom. The topological polar surface area (TPSA) is 49.4 Å². The Kier molecular flexibility index (Phi) is 3.42. The van der Waals surface area contributed by atoms with E-state index in [2.05, 4.69) is 5.32 Å². The third-order valence-electron chi connectivity index (χ3n) is 3.03. The van der Waals surface area contributed by atoms with Gasteiger partial charge in [0.1, 0.15) is 6.04 Å². The van der Waals surface area contributed by atoms with Gasteiger partial charge in [-0.15, -0.1) is 0 Å². The number of piperazine rings is 1. The Morgan fingerprint density at radius 2 is 2.00 bits per heavy atom. The monoisotopic (exact) mass is 232 g/mol. The Morgan fingerprint density at radius 3 is 2.65 bits per heavy atom. The zero-order chi connectivity index (χ0) is 12.3. The Labute approximate surface area is 101 Å². The molecule has 4 heteroatoms. The van der Waals surface area contributed by atoms with Crippen LogP contribution < -0.4 is 5.32 Å². The molecule has 1 aliphatic heterocycles. The first-order chi connectivity index (χ1) is 8.22. The fraction of sp³-hybridized carbons (Fsp3) is 0.385. The summed E-state index contributed by atoms with van der Waals surface area (Å²) < 4.78 is 0. The number of hydrogen-bond acceptors (Lipinski definition) is 2. The van der Waals surface area contributed by atoms with Crippen LogP contribution in [0, 0.1) is 0 Å². The molecule has 1 saturated heterocycles. The quantitative estimate of drug-likeness (QED) is 0.828. The zero-order valence-electron chi connectivity index (χ0n) is 9.85. The second-order valence-electron chi connectivity index (χ2n) is 4.10. The SMILES string of the molecule is CCN1C(=O)CNC(=O)C1Cc1ccccc1. The van der Waals surface area contributed by atoms with Gasteiger partial charge < -0.3 is 10.2 Å². The summed E-state index contributed by atoms with van der Waals surface area (Å²) in [4.78, 5) is 25.1. The lowest BCUT2D eigenvalue weighted by atomic mass is 10.0. The largest absolute Gasteiger partial charge is 0.345 e. The molecule has 1 N–H and O–H groups in total. The first-order valence-electron chi connectivity index (χ1n) is 5.83. The first kappa shape index (κ1) is 11.6. The maximum atomic E-state index is 11.8. The van der Waals surface area contributed by atoms with Crippen LogP contribution in [0.1, 0.15) is 12.5 Å². The van der Waals surface area contributed by atoms with Gasteiger partial charge >= 0.3 is 0 Å². The summed E-state index contributed by atoms with van der Waals surface area (Å²) in [5.41, 5.74) is 1.07. The summed E-state index contributed by atoms with van der Waals surface area (Å²) in [6.45, 7) is 2.59. The minimum atomic E-state index is -0.372. The molecule has 0 spiro atoms. The molecule has 0 saturated carbocycles. The number of nitrogens with zero attached hydrogens (tertiary/aromatic N) is 1. The number of carbonyl (C=O) groups is 2. The van der Waals surface area contributed by atoms with Crippen molar-refractivity contribution >= 4 is 11.8 Å². The van der Waals surface area contributed by atoms with Gasteiger partial charge in [-0.3, -0.25) is 9.59 Å². The average molecular weight is 232 g/mol. The molecule has 90 valence electrons. The van der Waals surface area contributed by atoms with Gasteiger partial charge in [-0.05, 0) is 12.5 Å². The van der Waals surface area contributed by atoms with Crippen LogP contribution in [0.3, 0.4) is 0 Å². The van der Waals surface area contributed by atoms with Crippen molar-refractivity contribution in [3.05, 3.63) is 35.9 Å². The predicted molar refractivity (Wildman–Crippen MR) is 64.3 cm³/mol. The fourth-order valence-corrected chi connectivity index (χ4v) is 2.13. The van der Waals surface area contributed by atoms with Crippen molar-refractivity contribution in [2.45, 2.75) is 19.4 Å². The van der Waals surface area contributed by atoms with Crippen molar-refractivity contribution in [3.63, 3.8) is 0 Å². The van der Waals surface area contributed by atoms with E-state index in [1.165, 1.54) is 0 Å². The molecular weight excluding hydrogens is 216 g/mol. The van der Waals surface area contributed by atoms with Crippen molar-refractivity contribution in [2.24, 2.45) is 0 Å². The lowest BCUT2D eigenvalue weighted by molar-refractivity contribution is -0.145. The van der Waals surface area contributed by atoms with Gasteiger partial charge in [0.05, 0.1) is 6.54 Å². The molecule has 1 aromatic carbocycles. The summed E-state index contributed by atoms with van der Waals surface area (Å²) in [7, 11) is 0. The van der Waals surface area contributed by atoms with Crippen LogP contribution in [-0.2, 0) is 16.0 Å². The molecule has 1 heterocycles. The number of rotatable bonds is 3. The second-order valence-corrected chi connectivity index (χ2v) is 4.10. The molecule has 17 heavy (non-hydrogen) atoms. The molecule has 1 atom stereocenters. The van der Waals surface area contributed by atoms with Crippen LogP contribution in [0.4, 0.5) is 0 Å². The van der Waals surface area contributed by atoms with E-state index >= 15 is 0 Å². The molecule has 4 nitrogen and oxygen atoms in total. The van der Waals surface area contributed by atoms with Gasteiger partial charge in [0.2, 0.25) is 11.8 Å². The van der Waals surface area contributed by atoms with Gasteiger partial charge in [-0.1, -0.05) is 30.3 Å². The van der Waals surface area contributed by atoms with Gasteiger partial charge in [-0.2, -0.15) is 0 Å². The standard InChI is InChI=1S/C13H16N2O2/c1-2-15-11(13(17)14-9-12(15)16)8-10-6-4-3-5-7-10/h3-7,11H,2,8-9H2,1H3,(H,14,17). The number of nitrogens with one attached hydrogen (secondary N) is 1.